The van der Waals surface area contributed by atoms with Gasteiger partial charge in [0.2, 0.25) is 5.95 Å². The molecule has 3 atom stereocenters. The number of rotatable bonds is 3. The fraction of sp³-hybridized carbons (Fsp3) is 0.667. The number of aromatic nitrogens is 2. The SMILES string of the molecule is CC(C)(C)OC(=O)Nc1ncc(C2=NC3C(N=C(Cl)N3C3CCN(C(=O)OC(C)(C)C)C3)C(N3CCOCC3)=N2)cn1. The van der Waals surface area contributed by atoms with E-state index in [0.29, 0.717) is 62.5 Å². The monoisotopic (exact) mass is 603 g/mol. The van der Waals surface area contributed by atoms with E-state index in [1.807, 2.05) is 25.7 Å². The number of carbonyl (C=O) groups excluding carboxylic acids is 2. The predicted octanol–water partition coefficient (Wildman–Crippen LogP) is 2.93. The number of nitrogens with one attached hydrogen (secondary N) is 1. The average molecular weight is 604 g/mol. The van der Waals surface area contributed by atoms with Gasteiger partial charge in [0.05, 0.1) is 24.8 Å². The van der Waals surface area contributed by atoms with Crippen LogP contribution in [0.5, 0.6) is 0 Å². The van der Waals surface area contributed by atoms with Crippen molar-refractivity contribution in [3.8, 4) is 0 Å². The minimum atomic E-state index is -0.651. The summed E-state index contributed by atoms with van der Waals surface area (Å²) in [6.45, 7) is 14.3. The molecule has 2 saturated heterocycles. The number of amidine groups is 3. The van der Waals surface area contributed by atoms with Gasteiger partial charge in [-0.2, -0.15) is 0 Å². The molecular weight excluding hydrogens is 566 g/mol. The number of fused-ring (bicyclic) bond motifs is 1. The van der Waals surface area contributed by atoms with Crippen molar-refractivity contribution < 1.29 is 23.8 Å². The lowest BCUT2D eigenvalue weighted by molar-refractivity contribution is 0.0283. The Morgan fingerprint density at radius 1 is 1.00 bits per heavy atom. The molecule has 2 fully saturated rings. The molecule has 2 amide bonds. The van der Waals surface area contributed by atoms with Crippen LogP contribution in [0.3, 0.4) is 0 Å². The van der Waals surface area contributed by atoms with Gasteiger partial charge in [-0.15, -0.1) is 0 Å². The van der Waals surface area contributed by atoms with E-state index in [2.05, 4.69) is 20.2 Å². The Bertz CT molecular complexity index is 1280. The van der Waals surface area contributed by atoms with Gasteiger partial charge >= 0.3 is 12.2 Å². The largest absolute Gasteiger partial charge is 0.444 e. The van der Waals surface area contributed by atoms with E-state index in [1.54, 1.807) is 38.1 Å². The molecule has 4 aliphatic rings. The van der Waals surface area contributed by atoms with Gasteiger partial charge in [0.15, 0.2) is 23.3 Å². The third-order valence-electron chi connectivity index (χ3n) is 6.83. The van der Waals surface area contributed by atoms with Crippen LogP contribution >= 0.6 is 11.6 Å². The number of anilines is 1. The molecule has 0 bridgehead atoms. The van der Waals surface area contributed by atoms with Crippen LogP contribution in [0, 0.1) is 0 Å². The van der Waals surface area contributed by atoms with Gasteiger partial charge in [-0.1, -0.05) is 0 Å². The molecule has 228 valence electrons. The summed E-state index contributed by atoms with van der Waals surface area (Å²) in [6, 6.07) is -0.515. The number of morpholine rings is 1. The van der Waals surface area contributed by atoms with Crippen LogP contribution in [0.1, 0.15) is 53.5 Å². The topological polar surface area (TPSA) is 146 Å². The molecule has 14 nitrogen and oxygen atoms in total. The molecule has 0 saturated carbocycles. The van der Waals surface area contributed by atoms with Crippen LogP contribution in [0.25, 0.3) is 0 Å². The number of hydrogen-bond acceptors (Lipinski definition) is 12. The summed E-state index contributed by atoms with van der Waals surface area (Å²) < 4.78 is 16.4. The molecule has 1 aromatic heterocycles. The summed E-state index contributed by atoms with van der Waals surface area (Å²) in [7, 11) is 0. The second-order valence-corrected chi connectivity index (χ2v) is 12.8. The average Bonchev–Trinajstić information content (AvgIpc) is 3.51. The zero-order valence-corrected chi connectivity index (χ0v) is 25.6. The lowest BCUT2D eigenvalue weighted by Crippen LogP contribution is -2.54. The first-order chi connectivity index (χ1) is 19.8. The number of carbonyl (C=O) groups is 2. The first kappa shape index (κ1) is 30.0. The number of hydrogen-bond donors (Lipinski definition) is 1. The van der Waals surface area contributed by atoms with E-state index in [1.165, 1.54) is 0 Å². The number of aliphatic imine (C=N–C) groups is 3. The molecule has 0 spiro atoms. The summed E-state index contributed by atoms with van der Waals surface area (Å²) in [5.74, 6) is 1.27. The maximum absolute atomic E-state index is 12.8. The maximum atomic E-state index is 12.8. The molecule has 4 aliphatic heterocycles. The van der Waals surface area contributed by atoms with Crippen molar-refractivity contribution in [2.24, 2.45) is 15.0 Å². The van der Waals surface area contributed by atoms with Crippen molar-refractivity contribution >= 4 is 46.7 Å². The smallest absolute Gasteiger partial charge is 0.414 e. The van der Waals surface area contributed by atoms with Gasteiger partial charge in [-0.3, -0.25) is 5.32 Å². The van der Waals surface area contributed by atoms with Crippen molar-refractivity contribution in [3.05, 3.63) is 18.0 Å². The van der Waals surface area contributed by atoms with E-state index in [9.17, 15) is 9.59 Å². The summed E-state index contributed by atoms with van der Waals surface area (Å²) in [5.41, 5.74) is -0.667. The van der Waals surface area contributed by atoms with Gasteiger partial charge in [-0.05, 0) is 59.6 Å². The fourth-order valence-electron chi connectivity index (χ4n) is 5.08. The molecular formula is C27H38ClN9O5. The molecule has 1 aromatic rings. The Morgan fingerprint density at radius 3 is 2.31 bits per heavy atom. The maximum Gasteiger partial charge on any atom is 0.414 e. The number of ether oxygens (including phenoxy) is 3. The second-order valence-electron chi connectivity index (χ2n) is 12.5. The summed E-state index contributed by atoms with van der Waals surface area (Å²) in [6.07, 6.45) is 2.34. The zero-order chi connectivity index (χ0) is 30.2. The highest BCUT2D eigenvalue weighted by atomic mass is 35.5. The molecule has 5 heterocycles. The molecule has 0 radical (unpaired) electrons. The van der Waals surface area contributed by atoms with Crippen LogP contribution in [0.4, 0.5) is 15.5 Å². The van der Waals surface area contributed by atoms with Crippen LogP contribution in [0.15, 0.2) is 27.4 Å². The van der Waals surface area contributed by atoms with Crippen LogP contribution in [-0.2, 0) is 14.2 Å². The molecule has 15 heteroatoms. The predicted molar refractivity (Wildman–Crippen MR) is 157 cm³/mol. The van der Waals surface area contributed by atoms with E-state index in [-0.39, 0.29) is 18.1 Å². The van der Waals surface area contributed by atoms with Crippen molar-refractivity contribution in [1.82, 2.24) is 24.7 Å². The van der Waals surface area contributed by atoms with E-state index in [0.717, 1.165) is 5.84 Å². The normalized spacial score (nSPS) is 24.5. The second kappa shape index (κ2) is 11.6. The van der Waals surface area contributed by atoms with Crippen molar-refractivity contribution in [1.29, 1.82) is 0 Å². The van der Waals surface area contributed by atoms with Crippen molar-refractivity contribution in [2.45, 2.75) is 77.4 Å². The molecule has 5 rings (SSSR count). The van der Waals surface area contributed by atoms with Crippen LogP contribution in [0.2, 0.25) is 0 Å². The first-order valence-electron chi connectivity index (χ1n) is 14.1. The van der Waals surface area contributed by atoms with Gasteiger partial charge in [0, 0.05) is 38.6 Å². The fourth-order valence-corrected chi connectivity index (χ4v) is 5.43. The Kier molecular flexibility index (Phi) is 8.30. The van der Waals surface area contributed by atoms with Gasteiger partial charge in [0.1, 0.15) is 17.0 Å². The van der Waals surface area contributed by atoms with Crippen LogP contribution < -0.4 is 5.32 Å². The lowest BCUT2D eigenvalue weighted by atomic mass is 10.1. The molecule has 1 N–H and O–H groups in total. The van der Waals surface area contributed by atoms with Gasteiger partial charge in [0.25, 0.3) is 0 Å². The Morgan fingerprint density at radius 2 is 1.67 bits per heavy atom. The highest BCUT2D eigenvalue weighted by Crippen LogP contribution is 2.33. The molecule has 0 aliphatic carbocycles. The molecule has 0 aromatic carbocycles. The molecule has 42 heavy (non-hydrogen) atoms. The highest BCUT2D eigenvalue weighted by Gasteiger charge is 2.47. The zero-order valence-electron chi connectivity index (χ0n) is 24.8. The number of nitrogens with zero attached hydrogens (tertiary/aromatic N) is 8. The van der Waals surface area contributed by atoms with Gasteiger partial charge < -0.3 is 28.9 Å². The van der Waals surface area contributed by atoms with E-state index < -0.39 is 29.5 Å². The summed E-state index contributed by atoms with van der Waals surface area (Å²) in [5, 5.41) is 2.87. The quantitative estimate of drug-likeness (QED) is 0.515. The summed E-state index contributed by atoms with van der Waals surface area (Å²) in [4.78, 5) is 54.0. The highest BCUT2D eigenvalue weighted by molar-refractivity contribution is 6.65. The lowest BCUT2D eigenvalue weighted by Gasteiger charge is -2.37. The third kappa shape index (κ3) is 6.92. The van der Waals surface area contributed by atoms with Crippen molar-refractivity contribution in [2.75, 3.05) is 44.7 Å². The molecule has 3 unspecified atom stereocenters. The number of amides is 2. The standard InChI is InChI=1S/C27H38ClN9O5/c1-26(2,3)41-24(38)34-23-29-13-16(14-30-23)19-32-20(35-9-11-40-12-10-35)18-21(33-19)37(22(28)31-18)17-7-8-36(15-17)25(39)42-27(4,5)6/h13-14,17-18,21H,7-12,15H2,1-6H3,(H,29,30,34,38). The Labute approximate surface area is 250 Å². The van der Waals surface area contributed by atoms with Gasteiger partial charge in [-0.25, -0.2) is 34.5 Å². The van der Waals surface area contributed by atoms with E-state index >= 15 is 0 Å². The first-order valence-corrected chi connectivity index (χ1v) is 14.5. The number of likely N-dealkylation sites (tertiary alicyclic amines) is 1. The van der Waals surface area contributed by atoms with E-state index in [4.69, 9.17) is 40.8 Å². The Hall–Kier alpha value is -3.52. The minimum Gasteiger partial charge on any atom is -0.444 e. The summed E-state index contributed by atoms with van der Waals surface area (Å²) >= 11 is 6.78. The number of halogens is 1. The van der Waals surface area contributed by atoms with Crippen molar-refractivity contribution in [3.63, 3.8) is 0 Å². The minimum absolute atomic E-state index is 0.0988. The third-order valence-corrected chi connectivity index (χ3v) is 7.12. The van der Waals surface area contributed by atoms with Crippen LogP contribution in [-0.4, -0.2) is 123 Å². The Balaban J connectivity index is 1.39.